The summed E-state index contributed by atoms with van der Waals surface area (Å²) in [6, 6.07) is 3.95. The molecule has 0 aliphatic carbocycles. The molecule has 1 unspecified atom stereocenters. The van der Waals surface area contributed by atoms with E-state index < -0.39 is 12.7 Å². The summed E-state index contributed by atoms with van der Waals surface area (Å²) in [5, 5.41) is 9.62. The van der Waals surface area contributed by atoms with Gasteiger partial charge in [0.25, 0.3) is 0 Å². The lowest BCUT2D eigenvalue weighted by Crippen LogP contribution is -2.30. The van der Waals surface area contributed by atoms with E-state index in [0.717, 1.165) is 4.90 Å². The summed E-state index contributed by atoms with van der Waals surface area (Å²) < 4.78 is 36.5. The molecule has 1 rings (SSSR count). The standard InChI is InChI=1S/C11H15F3N2O/c1-7(15)9-4-3-8(5-10(9)17)16(2)6-11(12,13)14/h3-5,7,17H,6,15H2,1-2H3. The minimum absolute atomic E-state index is 0.0912. The van der Waals surface area contributed by atoms with Crippen LogP contribution in [0.1, 0.15) is 18.5 Å². The fourth-order valence-electron chi connectivity index (χ4n) is 1.51. The molecule has 1 aromatic rings. The number of benzene rings is 1. The largest absolute Gasteiger partial charge is 0.508 e. The van der Waals surface area contributed by atoms with Gasteiger partial charge in [0.05, 0.1) is 0 Å². The van der Waals surface area contributed by atoms with Crippen LogP contribution in [0.5, 0.6) is 5.75 Å². The van der Waals surface area contributed by atoms with Crippen molar-refractivity contribution in [3.63, 3.8) is 0 Å². The number of nitrogens with two attached hydrogens (primary N) is 1. The highest BCUT2D eigenvalue weighted by atomic mass is 19.4. The van der Waals surface area contributed by atoms with Crippen LogP contribution in [0.15, 0.2) is 18.2 Å². The van der Waals surface area contributed by atoms with Gasteiger partial charge >= 0.3 is 6.18 Å². The van der Waals surface area contributed by atoms with Gasteiger partial charge in [0.1, 0.15) is 12.3 Å². The first kappa shape index (κ1) is 13.6. The summed E-state index contributed by atoms with van der Waals surface area (Å²) in [5.74, 6) is -0.0912. The normalized spacial score (nSPS) is 13.5. The van der Waals surface area contributed by atoms with E-state index in [1.807, 2.05) is 0 Å². The zero-order valence-corrected chi connectivity index (χ0v) is 9.62. The first-order chi connectivity index (χ1) is 7.70. The fraction of sp³-hybridized carbons (Fsp3) is 0.455. The van der Waals surface area contributed by atoms with Gasteiger partial charge in [-0.3, -0.25) is 0 Å². The molecule has 3 nitrogen and oxygen atoms in total. The Balaban J connectivity index is 2.90. The molecule has 0 aliphatic heterocycles. The van der Waals surface area contributed by atoms with Crippen molar-refractivity contribution in [1.29, 1.82) is 0 Å². The van der Waals surface area contributed by atoms with Crippen LogP contribution < -0.4 is 10.6 Å². The van der Waals surface area contributed by atoms with Gasteiger partial charge < -0.3 is 15.7 Å². The second-order valence-corrected chi connectivity index (χ2v) is 4.00. The van der Waals surface area contributed by atoms with Crippen molar-refractivity contribution in [2.24, 2.45) is 5.73 Å². The minimum Gasteiger partial charge on any atom is -0.508 e. The molecule has 6 heteroatoms. The minimum atomic E-state index is -4.27. The average Bonchev–Trinajstić information content (AvgIpc) is 2.14. The van der Waals surface area contributed by atoms with Crippen LogP contribution >= 0.6 is 0 Å². The molecule has 0 aliphatic rings. The molecule has 0 aromatic heterocycles. The van der Waals surface area contributed by atoms with Crippen molar-refractivity contribution in [3.8, 4) is 5.75 Å². The van der Waals surface area contributed by atoms with Gasteiger partial charge in [-0.15, -0.1) is 0 Å². The van der Waals surface area contributed by atoms with Gasteiger partial charge in [0.2, 0.25) is 0 Å². The molecule has 0 bridgehead atoms. The van der Waals surface area contributed by atoms with Crippen LogP contribution in [-0.4, -0.2) is 24.9 Å². The topological polar surface area (TPSA) is 49.5 Å². The smallest absolute Gasteiger partial charge is 0.405 e. The highest BCUT2D eigenvalue weighted by Crippen LogP contribution is 2.29. The van der Waals surface area contributed by atoms with Crippen LogP contribution in [0.25, 0.3) is 0 Å². The number of anilines is 1. The predicted molar refractivity (Wildman–Crippen MR) is 60.0 cm³/mol. The highest BCUT2D eigenvalue weighted by Gasteiger charge is 2.29. The van der Waals surface area contributed by atoms with Crippen LogP contribution in [0, 0.1) is 0 Å². The maximum Gasteiger partial charge on any atom is 0.405 e. The Morgan fingerprint density at radius 1 is 1.41 bits per heavy atom. The van der Waals surface area contributed by atoms with Crippen molar-refractivity contribution >= 4 is 5.69 Å². The fourth-order valence-corrected chi connectivity index (χ4v) is 1.51. The lowest BCUT2D eigenvalue weighted by Gasteiger charge is -2.22. The summed E-state index contributed by atoms with van der Waals surface area (Å²) in [6.07, 6.45) is -4.27. The van der Waals surface area contributed by atoms with Crippen molar-refractivity contribution in [1.82, 2.24) is 0 Å². The Kier molecular flexibility index (Phi) is 3.87. The molecule has 96 valence electrons. The van der Waals surface area contributed by atoms with Crippen LogP contribution in [0.3, 0.4) is 0 Å². The van der Waals surface area contributed by atoms with Gasteiger partial charge in [-0.05, 0) is 13.0 Å². The number of rotatable bonds is 3. The molecule has 0 spiro atoms. The molecule has 0 heterocycles. The Morgan fingerprint density at radius 3 is 2.41 bits per heavy atom. The van der Waals surface area contributed by atoms with Crippen LogP contribution in [0.4, 0.5) is 18.9 Å². The predicted octanol–water partition coefficient (Wildman–Crippen LogP) is 2.41. The number of phenolic OH excluding ortho intramolecular Hbond substituents is 1. The zero-order valence-electron chi connectivity index (χ0n) is 9.62. The Morgan fingerprint density at radius 2 is 2.00 bits per heavy atom. The molecule has 0 fully saturated rings. The van der Waals surface area contributed by atoms with Gasteiger partial charge in [0.15, 0.2) is 0 Å². The summed E-state index contributed by atoms with van der Waals surface area (Å²) >= 11 is 0. The highest BCUT2D eigenvalue weighted by molar-refractivity contribution is 5.53. The van der Waals surface area contributed by atoms with E-state index in [4.69, 9.17) is 5.73 Å². The Labute approximate surface area is 97.6 Å². The van der Waals surface area contributed by atoms with E-state index in [1.165, 1.54) is 25.2 Å². The van der Waals surface area contributed by atoms with Crippen molar-refractivity contribution in [2.45, 2.75) is 19.1 Å². The van der Waals surface area contributed by atoms with Crippen molar-refractivity contribution in [3.05, 3.63) is 23.8 Å². The Bertz CT molecular complexity index is 391. The number of aromatic hydroxyl groups is 1. The maximum absolute atomic E-state index is 12.2. The number of hydrogen-bond donors (Lipinski definition) is 2. The van der Waals surface area contributed by atoms with Gasteiger partial charge in [-0.1, -0.05) is 6.07 Å². The SMILES string of the molecule is CC(N)c1ccc(N(C)CC(F)(F)F)cc1O. The number of halogens is 3. The first-order valence-electron chi connectivity index (χ1n) is 5.07. The third kappa shape index (κ3) is 3.81. The third-order valence-electron chi connectivity index (χ3n) is 2.36. The van der Waals surface area contributed by atoms with E-state index in [2.05, 4.69) is 0 Å². The molecule has 0 saturated carbocycles. The summed E-state index contributed by atoms with van der Waals surface area (Å²) in [6.45, 7) is 0.623. The quantitative estimate of drug-likeness (QED) is 0.863. The number of hydrogen-bond acceptors (Lipinski definition) is 3. The molecule has 0 radical (unpaired) electrons. The monoisotopic (exact) mass is 248 g/mol. The van der Waals surface area contributed by atoms with E-state index >= 15 is 0 Å². The average molecular weight is 248 g/mol. The Hall–Kier alpha value is -1.43. The maximum atomic E-state index is 12.2. The summed E-state index contributed by atoms with van der Waals surface area (Å²) in [7, 11) is 1.31. The second kappa shape index (κ2) is 4.83. The molecule has 1 atom stereocenters. The van der Waals surface area contributed by atoms with E-state index in [9.17, 15) is 18.3 Å². The van der Waals surface area contributed by atoms with Crippen LogP contribution in [-0.2, 0) is 0 Å². The number of alkyl halides is 3. The third-order valence-corrected chi connectivity index (χ3v) is 2.36. The molecule has 0 amide bonds. The summed E-state index contributed by atoms with van der Waals surface area (Å²) in [5.41, 5.74) is 6.39. The molecule has 1 aromatic carbocycles. The van der Waals surface area contributed by atoms with E-state index in [1.54, 1.807) is 6.92 Å². The van der Waals surface area contributed by atoms with E-state index in [0.29, 0.717) is 11.3 Å². The molecule has 17 heavy (non-hydrogen) atoms. The van der Waals surface area contributed by atoms with Gasteiger partial charge in [-0.2, -0.15) is 13.2 Å². The molecule has 3 N–H and O–H groups in total. The zero-order chi connectivity index (χ0) is 13.2. The lowest BCUT2D eigenvalue weighted by molar-refractivity contribution is -0.119. The molecular weight excluding hydrogens is 233 g/mol. The van der Waals surface area contributed by atoms with Gasteiger partial charge in [0, 0.05) is 30.4 Å². The van der Waals surface area contributed by atoms with Crippen LogP contribution in [0.2, 0.25) is 0 Å². The van der Waals surface area contributed by atoms with Gasteiger partial charge in [-0.25, -0.2) is 0 Å². The molecular formula is C11H15F3N2O. The van der Waals surface area contributed by atoms with Crippen molar-refractivity contribution in [2.75, 3.05) is 18.5 Å². The number of nitrogens with zero attached hydrogens (tertiary/aromatic N) is 1. The van der Waals surface area contributed by atoms with E-state index in [-0.39, 0.29) is 11.8 Å². The van der Waals surface area contributed by atoms with Crippen molar-refractivity contribution < 1.29 is 18.3 Å². The lowest BCUT2D eigenvalue weighted by atomic mass is 10.1. The molecule has 0 saturated heterocycles. The number of phenols is 1. The first-order valence-corrected chi connectivity index (χ1v) is 5.07. The summed E-state index contributed by atoms with van der Waals surface area (Å²) in [4.78, 5) is 1.02. The second-order valence-electron chi connectivity index (χ2n) is 4.00.